The first-order valence-corrected chi connectivity index (χ1v) is 10.3. The van der Waals surface area contributed by atoms with Crippen LogP contribution in [0.1, 0.15) is 24.0 Å². The van der Waals surface area contributed by atoms with Gasteiger partial charge in [0.2, 0.25) is 0 Å². The molecule has 4 nitrogen and oxygen atoms in total. The van der Waals surface area contributed by atoms with Crippen LogP contribution in [0.15, 0.2) is 64.5 Å². The van der Waals surface area contributed by atoms with E-state index in [4.69, 9.17) is 0 Å². The Labute approximate surface area is 190 Å². The average molecular weight is 510 g/mol. The van der Waals surface area contributed by atoms with Gasteiger partial charge in [0.25, 0.3) is 0 Å². The molecule has 0 unspecified atom stereocenters. The molecule has 0 amide bonds. The van der Waals surface area contributed by atoms with E-state index < -0.39 is 0 Å². The Morgan fingerprint density at radius 1 is 1.00 bits per heavy atom. The van der Waals surface area contributed by atoms with E-state index in [0.29, 0.717) is 4.75 Å². The number of halogens is 1. The molecule has 0 radical (unpaired) electrons. The fourth-order valence-electron chi connectivity index (χ4n) is 2.97. The number of hydrogen-bond acceptors (Lipinski definition) is 3. The molecule has 28 heavy (non-hydrogen) atoms. The molecule has 1 aliphatic carbocycles. The van der Waals surface area contributed by atoms with Gasteiger partial charge < -0.3 is 15.5 Å². The molecule has 6 heteroatoms. The van der Waals surface area contributed by atoms with Gasteiger partial charge in [-0.2, -0.15) is 0 Å². The number of hydrogen-bond donors (Lipinski definition) is 2. The quantitative estimate of drug-likeness (QED) is 0.315. The Morgan fingerprint density at radius 2 is 1.64 bits per heavy atom. The molecular weight excluding hydrogens is 479 g/mol. The Balaban J connectivity index is 0.00000280. The number of thioether (sulfide) groups is 1. The summed E-state index contributed by atoms with van der Waals surface area (Å²) >= 11 is 1.98. The van der Waals surface area contributed by atoms with Crippen molar-refractivity contribution in [2.75, 3.05) is 27.7 Å². The van der Waals surface area contributed by atoms with Gasteiger partial charge in [-0.3, -0.25) is 4.99 Å². The van der Waals surface area contributed by atoms with E-state index in [1.807, 2.05) is 18.8 Å². The van der Waals surface area contributed by atoms with E-state index in [1.165, 1.54) is 28.9 Å². The highest BCUT2D eigenvalue weighted by Gasteiger charge is 2.43. The van der Waals surface area contributed by atoms with Crippen LogP contribution in [0.4, 0.5) is 0 Å². The van der Waals surface area contributed by atoms with Crippen LogP contribution in [-0.2, 0) is 13.1 Å². The number of nitrogens with one attached hydrogen (secondary N) is 2. The fraction of sp³-hybridized carbons (Fsp3) is 0.409. The molecule has 0 atom stereocenters. The Kier molecular flexibility index (Phi) is 9.11. The molecule has 152 valence electrons. The zero-order valence-corrected chi connectivity index (χ0v) is 20.1. The van der Waals surface area contributed by atoms with Gasteiger partial charge in [0, 0.05) is 36.3 Å². The van der Waals surface area contributed by atoms with Gasteiger partial charge in [-0.25, -0.2) is 0 Å². The van der Waals surface area contributed by atoms with Crippen LogP contribution in [-0.4, -0.2) is 43.3 Å². The van der Waals surface area contributed by atoms with Crippen molar-refractivity contribution >= 4 is 41.7 Å². The molecule has 3 rings (SSSR count). The van der Waals surface area contributed by atoms with Gasteiger partial charge in [0.1, 0.15) is 0 Å². The number of aliphatic imine (C=N–C) groups is 1. The summed E-state index contributed by atoms with van der Waals surface area (Å²) in [5.74, 6) is 0.868. The van der Waals surface area contributed by atoms with Gasteiger partial charge in [-0.05, 0) is 50.2 Å². The predicted molar refractivity (Wildman–Crippen MR) is 132 cm³/mol. The lowest BCUT2D eigenvalue weighted by Crippen LogP contribution is -2.40. The maximum absolute atomic E-state index is 4.38. The number of rotatable bonds is 8. The first-order valence-electron chi connectivity index (χ1n) is 9.50. The van der Waals surface area contributed by atoms with Gasteiger partial charge in [-0.15, -0.1) is 35.7 Å². The Hall–Kier alpha value is -1.25. The van der Waals surface area contributed by atoms with Crippen molar-refractivity contribution in [3.05, 3.63) is 65.7 Å². The van der Waals surface area contributed by atoms with Crippen molar-refractivity contribution in [1.82, 2.24) is 15.5 Å². The monoisotopic (exact) mass is 510 g/mol. The van der Waals surface area contributed by atoms with E-state index in [1.54, 1.807) is 0 Å². The smallest absolute Gasteiger partial charge is 0.191 e. The second kappa shape index (κ2) is 11.1. The molecule has 1 fully saturated rings. The van der Waals surface area contributed by atoms with E-state index in [-0.39, 0.29) is 24.0 Å². The summed E-state index contributed by atoms with van der Waals surface area (Å²) in [5.41, 5.74) is 2.60. The third-order valence-corrected chi connectivity index (χ3v) is 6.16. The molecule has 2 aromatic carbocycles. The fourth-order valence-corrected chi connectivity index (χ4v) is 4.22. The minimum absolute atomic E-state index is 0. The van der Waals surface area contributed by atoms with Crippen molar-refractivity contribution < 1.29 is 0 Å². The molecule has 0 heterocycles. The maximum atomic E-state index is 4.38. The lowest BCUT2D eigenvalue weighted by molar-refractivity contribution is 0.402. The van der Waals surface area contributed by atoms with Crippen LogP contribution in [0, 0.1) is 0 Å². The van der Waals surface area contributed by atoms with Crippen molar-refractivity contribution in [2.45, 2.75) is 35.6 Å². The number of benzene rings is 2. The Morgan fingerprint density at radius 3 is 2.21 bits per heavy atom. The third-order valence-electron chi connectivity index (χ3n) is 4.67. The summed E-state index contributed by atoms with van der Waals surface area (Å²) in [7, 11) is 6.01. The predicted octanol–water partition coefficient (Wildman–Crippen LogP) is 4.36. The van der Waals surface area contributed by atoms with Crippen LogP contribution >= 0.6 is 35.7 Å². The van der Waals surface area contributed by atoms with Crippen LogP contribution in [0.25, 0.3) is 0 Å². The topological polar surface area (TPSA) is 39.7 Å². The molecule has 1 saturated carbocycles. The second-order valence-corrected chi connectivity index (χ2v) is 8.97. The summed E-state index contributed by atoms with van der Waals surface area (Å²) in [6, 6.07) is 19.4. The molecule has 0 aromatic heterocycles. The molecule has 0 aliphatic heterocycles. The molecule has 0 saturated heterocycles. The van der Waals surface area contributed by atoms with E-state index in [9.17, 15) is 0 Å². The zero-order valence-electron chi connectivity index (χ0n) is 16.9. The maximum Gasteiger partial charge on any atom is 0.191 e. The van der Waals surface area contributed by atoms with Crippen LogP contribution in [0.2, 0.25) is 0 Å². The van der Waals surface area contributed by atoms with Crippen molar-refractivity contribution in [3.63, 3.8) is 0 Å². The van der Waals surface area contributed by atoms with Crippen molar-refractivity contribution in [1.29, 1.82) is 0 Å². The second-order valence-electron chi connectivity index (χ2n) is 7.43. The summed E-state index contributed by atoms with van der Waals surface area (Å²) < 4.78 is 0.312. The molecule has 2 N–H and O–H groups in total. The number of nitrogens with zero attached hydrogens (tertiary/aromatic N) is 2. The summed E-state index contributed by atoms with van der Waals surface area (Å²) in [6.07, 6.45) is 2.51. The SMILES string of the molecule is CN=C(NCc1ccc(CN(C)C)cc1)NCC1(Sc2ccccc2)CC1.I. The minimum atomic E-state index is 0. The highest BCUT2D eigenvalue weighted by molar-refractivity contribution is 14.0. The van der Waals surface area contributed by atoms with E-state index >= 15 is 0 Å². The summed E-state index contributed by atoms with van der Waals surface area (Å²) in [4.78, 5) is 7.90. The first-order chi connectivity index (χ1) is 13.1. The minimum Gasteiger partial charge on any atom is -0.355 e. The molecule has 1 aliphatic rings. The Bertz CT molecular complexity index is 743. The molecule has 0 bridgehead atoms. The van der Waals surface area contributed by atoms with Gasteiger partial charge in [-0.1, -0.05) is 42.5 Å². The summed E-state index contributed by atoms with van der Waals surface area (Å²) in [5, 5.41) is 6.94. The molecular formula is C22H31IN4S. The highest BCUT2D eigenvalue weighted by atomic mass is 127. The lowest BCUT2D eigenvalue weighted by atomic mass is 10.1. The number of guanidine groups is 1. The third kappa shape index (κ3) is 7.29. The normalized spacial score (nSPS) is 15.1. The standard InChI is InChI=1S/C22H30N4S.HI/c1-23-21(24-15-18-9-11-19(12-10-18)16-26(2)3)25-17-22(13-14-22)27-20-7-5-4-6-8-20;/h4-12H,13-17H2,1-3H3,(H2,23,24,25);1H. The van der Waals surface area contributed by atoms with Crippen molar-refractivity contribution in [3.8, 4) is 0 Å². The largest absolute Gasteiger partial charge is 0.355 e. The lowest BCUT2D eigenvalue weighted by Gasteiger charge is -2.18. The van der Waals surface area contributed by atoms with Gasteiger partial charge in [0.15, 0.2) is 5.96 Å². The average Bonchev–Trinajstić information content (AvgIpc) is 3.43. The molecule has 0 spiro atoms. The van der Waals surface area contributed by atoms with Crippen LogP contribution < -0.4 is 10.6 Å². The highest BCUT2D eigenvalue weighted by Crippen LogP contribution is 2.51. The van der Waals surface area contributed by atoms with Gasteiger partial charge >= 0.3 is 0 Å². The summed E-state index contributed by atoms with van der Waals surface area (Å²) in [6.45, 7) is 2.69. The van der Waals surface area contributed by atoms with Gasteiger partial charge in [0.05, 0.1) is 0 Å². The zero-order chi connectivity index (χ0) is 19.1. The van der Waals surface area contributed by atoms with E-state index in [0.717, 1.165) is 25.6 Å². The van der Waals surface area contributed by atoms with E-state index in [2.05, 4.69) is 89.2 Å². The first kappa shape index (κ1) is 23.0. The molecule has 2 aromatic rings. The van der Waals surface area contributed by atoms with Crippen molar-refractivity contribution in [2.24, 2.45) is 4.99 Å². The van der Waals surface area contributed by atoms with Crippen LogP contribution in [0.3, 0.4) is 0 Å². The van der Waals surface area contributed by atoms with Crippen LogP contribution in [0.5, 0.6) is 0 Å².